The summed E-state index contributed by atoms with van der Waals surface area (Å²) in [6.45, 7) is 2.01. The van der Waals surface area contributed by atoms with Crippen molar-refractivity contribution in [2.45, 2.75) is 19.8 Å². The zero-order valence-electron chi connectivity index (χ0n) is 8.03. The second-order valence-electron chi connectivity index (χ2n) is 3.76. The van der Waals surface area contributed by atoms with Crippen LogP contribution in [0.5, 0.6) is 0 Å². The predicted molar refractivity (Wildman–Crippen MR) is 51.2 cm³/mol. The second kappa shape index (κ2) is 2.98. The van der Waals surface area contributed by atoms with Crippen molar-refractivity contribution in [1.82, 2.24) is 5.01 Å². The van der Waals surface area contributed by atoms with E-state index in [9.17, 15) is 4.79 Å². The fourth-order valence-electron chi connectivity index (χ4n) is 2.15. The zero-order valence-corrected chi connectivity index (χ0v) is 8.03. The van der Waals surface area contributed by atoms with Gasteiger partial charge in [0.1, 0.15) is 0 Å². The highest BCUT2D eigenvalue weighted by Gasteiger charge is 2.36. The summed E-state index contributed by atoms with van der Waals surface area (Å²) >= 11 is 0. The molecule has 2 aliphatic rings. The van der Waals surface area contributed by atoms with Crippen molar-refractivity contribution in [3.63, 3.8) is 0 Å². The van der Waals surface area contributed by atoms with Gasteiger partial charge in [-0.2, -0.15) is 5.10 Å². The van der Waals surface area contributed by atoms with Crippen LogP contribution in [0.3, 0.4) is 0 Å². The summed E-state index contributed by atoms with van der Waals surface area (Å²) in [4.78, 5) is 11.7. The molecular formula is C10H14N2O. The molecule has 0 aromatic heterocycles. The average Bonchev–Trinajstić information content (AvgIpc) is 2.15. The van der Waals surface area contributed by atoms with E-state index in [1.165, 1.54) is 5.01 Å². The van der Waals surface area contributed by atoms with Gasteiger partial charge in [0, 0.05) is 18.7 Å². The number of fused-ring (bicyclic) bond motifs is 1. The molecule has 2 rings (SSSR count). The number of hydrogen-bond acceptors (Lipinski definition) is 2. The molecule has 0 bridgehead atoms. The summed E-state index contributed by atoms with van der Waals surface area (Å²) in [6, 6.07) is 0. The van der Waals surface area contributed by atoms with E-state index in [-0.39, 0.29) is 11.8 Å². The van der Waals surface area contributed by atoms with Crippen LogP contribution < -0.4 is 0 Å². The first-order chi connectivity index (χ1) is 6.20. The Morgan fingerprint density at radius 2 is 2.00 bits per heavy atom. The van der Waals surface area contributed by atoms with Gasteiger partial charge in [0.25, 0.3) is 0 Å². The van der Waals surface area contributed by atoms with Gasteiger partial charge in [0.2, 0.25) is 5.91 Å². The van der Waals surface area contributed by atoms with Crippen molar-refractivity contribution >= 4 is 11.6 Å². The minimum Gasteiger partial charge on any atom is -0.273 e. The van der Waals surface area contributed by atoms with Crippen molar-refractivity contribution in [3.05, 3.63) is 12.2 Å². The Morgan fingerprint density at radius 1 is 1.38 bits per heavy atom. The van der Waals surface area contributed by atoms with Crippen LogP contribution in [0, 0.1) is 11.8 Å². The van der Waals surface area contributed by atoms with Gasteiger partial charge in [0.05, 0.1) is 5.92 Å². The first kappa shape index (κ1) is 8.48. The van der Waals surface area contributed by atoms with Crippen LogP contribution in [0.1, 0.15) is 19.8 Å². The highest BCUT2D eigenvalue weighted by Crippen LogP contribution is 2.31. The number of carbonyl (C=O) groups excluding carboxylic acids is 1. The smallest absolute Gasteiger partial charge is 0.246 e. The highest BCUT2D eigenvalue weighted by molar-refractivity contribution is 5.94. The number of allylic oxidation sites excluding steroid dienone is 2. The largest absolute Gasteiger partial charge is 0.273 e. The van der Waals surface area contributed by atoms with Crippen LogP contribution in [-0.4, -0.2) is 23.7 Å². The molecule has 0 spiro atoms. The van der Waals surface area contributed by atoms with Crippen molar-refractivity contribution in [2.24, 2.45) is 16.9 Å². The predicted octanol–water partition coefficient (Wildman–Crippen LogP) is 1.42. The Kier molecular flexibility index (Phi) is 1.94. The van der Waals surface area contributed by atoms with Crippen LogP contribution in [0.15, 0.2) is 17.3 Å². The van der Waals surface area contributed by atoms with Crippen LogP contribution in [0.25, 0.3) is 0 Å². The molecule has 0 saturated carbocycles. The highest BCUT2D eigenvalue weighted by atomic mass is 16.2. The average molecular weight is 178 g/mol. The lowest BCUT2D eigenvalue weighted by Crippen LogP contribution is -2.42. The number of amides is 1. The third-order valence-corrected chi connectivity index (χ3v) is 2.91. The Labute approximate surface area is 78.1 Å². The summed E-state index contributed by atoms with van der Waals surface area (Å²) in [6.07, 6.45) is 6.10. The Bertz CT molecular complexity index is 293. The number of nitrogens with zero attached hydrogens (tertiary/aromatic N) is 2. The van der Waals surface area contributed by atoms with Gasteiger partial charge in [-0.25, -0.2) is 5.01 Å². The van der Waals surface area contributed by atoms with E-state index in [1.807, 2.05) is 6.92 Å². The van der Waals surface area contributed by atoms with E-state index < -0.39 is 0 Å². The second-order valence-corrected chi connectivity index (χ2v) is 3.76. The third-order valence-electron chi connectivity index (χ3n) is 2.91. The van der Waals surface area contributed by atoms with E-state index in [1.54, 1.807) is 7.05 Å². The minimum atomic E-state index is 0.146. The fourth-order valence-corrected chi connectivity index (χ4v) is 2.15. The van der Waals surface area contributed by atoms with E-state index in [2.05, 4.69) is 17.3 Å². The quantitative estimate of drug-likeness (QED) is 0.516. The van der Waals surface area contributed by atoms with Crippen LogP contribution in [0.2, 0.25) is 0 Å². The summed E-state index contributed by atoms with van der Waals surface area (Å²) in [5.74, 6) is 0.668. The zero-order chi connectivity index (χ0) is 9.42. The lowest BCUT2D eigenvalue weighted by Gasteiger charge is -2.34. The molecule has 13 heavy (non-hydrogen) atoms. The summed E-state index contributed by atoms with van der Waals surface area (Å²) in [5.41, 5.74) is 1.09. The van der Waals surface area contributed by atoms with Gasteiger partial charge >= 0.3 is 0 Å². The third kappa shape index (κ3) is 1.28. The topological polar surface area (TPSA) is 32.7 Å². The van der Waals surface area contributed by atoms with Gasteiger partial charge in [-0.05, 0) is 19.8 Å². The molecule has 3 heteroatoms. The molecule has 0 saturated heterocycles. The molecule has 0 fully saturated rings. The Balaban J connectivity index is 2.33. The number of rotatable bonds is 0. The molecule has 0 aromatic rings. The normalized spacial score (nSPS) is 32.9. The molecule has 0 radical (unpaired) electrons. The van der Waals surface area contributed by atoms with Crippen LogP contribution in [-0.2, 0) is 4.79 Å². The fraction of sp³-hybridized carbons (Fsp3) is 0.600. The molecule has 2 unspecified atom stereocenters. The maximum atomic E-state index is 11.7. The van der Waals surface area contributed by atoms with Gasteiger partial charge in [-0.1, -0.05) is 12.2 Å². The summed E-state index contributed by atoms with van der Waals surface area (Å²) in [7, 11) is 1.74. The number of hydrazone groups is 1. The molecule has 0 aromatic carbocycles. The molecular weight excluding hydrogens is 164 g/mol. The van der Waals surface area contributed by atoms with Gasteiger partial charge < -0.3 is 0 Å². The van der Waals surface area contributed by atoms with Crippen molar-refractivity contribution in [2.75, 3.05) is 7.05 Å². The van der Waals surface area contributed by atoms with Crippen LogP contribution >= 0.6 is 0 Å². The molecule has 70 valence electrons. The molecule has 1 amide bonds. The van der Waals surface area contributed by atoms with Crippen LogP contribution in [0.4, 0.5) is 0 Å². The van der Waals surface area contributed by atoms with E-state index in [0.29, 0.717) is 5.92 Å². The molecule has 1 aliphatic carbocycles. The van der Waals surface area contributed by atoms with E-state index in [0.717, 1.165) is 18.6 Å². The maximum absolute atomic E-state index is 11.7. The first-order valence-electron chi connectivity index (χ1n) is 4.68. The van der Waals surface area contributed by atoms with Crippen molar-refractivity contribution in [3.8, 4) is 0 Å². The molecule has 1 heterocycles. The van der Waals surface area contributed by atoms with Gasteiger partial charge in [-0.15, -0.1) is 0 Å². The first-order valence-corrected chi connectivity index (χ1v) is 4.68. The van der Waals surface area contributed by atoms with Crippen molar-refractivity contribution in [1.29, 1.82) is 0 Å². The lowest BCUT2D eigenvalue weighted by molar-refractivity contribution is -0.136. The standard InChI is InChI=1S/C10H14N2O/c1-7-8-5-3-4-6-9(8)10(13)12(2)11-7/h3-4,8-9H,5-6H2,1-2H3. The van der Waals surface area contributed by atoms with Crippen molar-refractivity contribution < 1.29 is 4.79 Å². The maximum Gasteiger partial charge on any atom is 0.246 e. The molecule has 0 N–H and O–H groups in total. The van der Waals surface area contributed by atoms with E-state index >= 15 is 0 Å². The molecule has 3 nitrogen and oxygen atoms in total. The minimum absolute atomic E-state index is 0.146. The Morgan fingerprint density at radius 3 is 2.69 bits per heavy atom. The molecule has 2 atom stereocenters. The van der Waals surface area contributed by atoms with Gasteiger partial charge in [-0.3, -0.25) is 4.79 Å². The summed E-state index contributed by atoms with van der Waals surface area (Å²) < 4.78 is 0. The number of carbonyl (C=O) groups is 1. The SMILES string of the molecule is CC1=NN(C)C(=O)C2CC=CCC12. The van der Waals surface area contributed by atoms with E-state index in [4.69, 9.17) is 0 Å². The van der Waals surface area contributed by atoms with Gasteiger partial charge in [0.15, 0.2) is 0 Å². The number of hydrogen-bond donors (Lipinski definition) is 0. The Hall–Kier alpha value is -1.12. The summed E-state index contributed by atoms with van der Waals surface area (Å²) in [5, 5.41) is 5.70. The molecule has 1 aliphatic heterocycles. The lowest BCUT2D eigenvalue weighted by atomic mass is 9.79. The monoisotopic (exact) mass is 178 g/mol.